The molecule has 1 rings (SSSR count). The molecule has 0 amide bonds. The predicted octanol–water partition coefficient (Wildman–Crippen LogP) is 2.33. The van der Waals surface area contributed by atoms with Crippen LogP contribution in [-0.2, 0) is 14.3 Å². The zero-order valence-corrected chi connectivity index (χ0v) is 9.62. The van der Waals surface area contributed by atoms with Gasteiger partial charge in [-0.05, 0) is 19.8 Å². The fourth-order valence-corrected chi connectivity index (χ4v) is 1.80. The first-order valence-corrected chi connectivity index (χ1v) is 5.90. The number of esters is 1. The van der Waals surface area contributed by atoms with Crippen molar-refractivity contribution < 1.29 is 14.3 Å². The number of ether oxygens (including phenoxy) is 1. The Hall–Kier alpha value is -0.860. The standard InChI is InChI=1S/C12H20O3/c1-3-5-6-7-11(13)9-8-10(9)12(14)15-4-2/h9-10H,3-8H2,1-2H3/t9-,10-/m0/s1. The van der Waals surface area contributed by atoms with Crippen LogP contribution in [0.15, 0.2) is 0 Å². The molecule has 1 aliphatic carbocycles. The molecule has 0 saturated heterocycles. The van der Waals surface area contributed by atoms with Gasteiger partial charge in [-0.2, -0.15) is 0 Å². The van der Waals surface area contributed by atoms with Crippen molar-refractivity contribution in [2.24, 2.45) is 11.8 Å². The summed E-state index contributed by atoms with van der Waals surface area (Å²) < 4.78 is 4.88. The Morgan fingerprint density at radius 2 is 1.93 bits per heavy atom. The summed E-state index contributed by atoms with van der Waals surface area (Å²) in [5.74, 6) is -0.0900. The van der Waals surface area contributed by atoms with Gasteiger partial charge in [-0.25, -0.2) is 0 Å². The van der Waals surface area contributed by atoms with Gasteiger partial charge in [0, 0.05) is 12.3 Å². The summed E-state index contributed by atoms with van der Waals surface area (Å²) in [4.78, 5) is 22.9. The molecular formula is C12H20O3. The van der Waals surface area contributed by atoms with Gasteiger partial charge >= 0.3 is 5.97 Å². The summed E-state index contributed by atoms with van der Waals surface area (Å²) in [5.41, 5.74) is 0. The Bertz CT molecular complexity index is 235. The average Bonchev–Trinajstić information content (AvgIpc) is 2.98. The molecule has 0 spiro atoms. The molecule has 0 aromatic carbocycles. The van der Waals surface area contributed by atoms with E-state index in [0.717, 1.165) is 19.3 Å². The minimum absolute atomic E-state index is 0.0269. The Kier molecular flexibility index (Phi) is 4.79. The molecule has 0 aromatic rings. The lowest BCUT2D eigenvalue weighted by Gasteiger charge is -2.00. The van der Waals surface area contributed by atoms with Crippen LogP contribution >= 0.6 is 0 Å². The Morgan fingerprint density at radius 3 is 2.53 bits per heavy atom. The molecule has 0 heterocycles. The van der Waals surface area contributed by atoms with Crippen LogP contribution in [0, 0.1) is 11.8 Å². The fourth-order valence-electron chi connectivity index (χ4n) is 1.80. The third-order valence-electron chi connectivity index (χ3n) is 2.82. The average molecular weight is 212 g/mol. The number of unbranched alkanes of at least 4 members (excludes halogenated alkanes) is 2. The van der Waals surface area contributed by atoms with E-state index in [1.807, 2.05) is 0 Å². The van der Waals surface area contributed by atoms with Crippen LogP contribution < -0.4 is 0 Å². The highest BCUT2D eigenvalue weighted by atomic mass is 16.5. The molecule has 0 aromatic heterocycles. The molecule has 86 valence electrons. The number of hydrogen-bond donors (Lipinski definition) is 0. The Morgan fingerprint density at radius 1 is 1.20 bits per heavy atom. The minimum atomic E-state index is -0.189. The van der Waals surface area contributed by atoms with Crippen molar-refractivity contribution in [2.75, 3.05) is 6.61 Å². The van der Waals surface area contributed by atoms with Crippen LogP contribution in [0.4, 0.5) is 0 Å². The number of rotatable bonds is 7. The third-order valence-corrected chi connectivity index (χ3v) is 2.82. The van der Waals surface area contributed by atoms with Crippen molar-refractivity contribution in [3.05, 3.63) is 0 Å². The zero-order chi connectivity index (χ0) is 11.3. The van der Waals surface area contributed by atoms with Crippen molar-refractivity contribution in [1.29, 1.82) is 0 Å². The van der Waals surface area contributed by atoms with E-state index < -0.39 is 0 Å². The highest BCUT2D eigenvalue weighted by Crippen LogP contribution is 2.41. The van der Waals surface area contributed by atoms with E-state index in [2.05, 4.69) is 6.92 Å². The molecule has 1 fully saturated rings. The SMILES string of the molecule is CCCCCC(=O)[C@H]1C[C@@H]1C(=O)OCC. The molecule has 0 bridgehead atoms. The minimum Gasteiger partial charge on any atom is -0.466 e. The van der Waals surface area contributed by atoms with E-state index in [1.54, 1.807) is 6.92 Å². The van der Waals surface area contributed by atoms with Crippen molar-refractivity contribution >= 4 is 11.8 Å². The summed E-state index contributed by atoms with van der Waals surface area (Å²) in [6.45, 7) is 4.31. The number of carbonyl (C=O) groups excluding carboxylic acids is 2. The van der Waals surface area contributed by atoms with E-state index in [4.69, 9.17) is 4.74 Å². The normalized spacial score (nSPS) is 23.6. The smallest absolute Gasteiger partial charge is 0.309 e. The van der Waals surface area contributed by atoms with Gasteiger partial charge in [0.1, 0.15) is 5.78 Å². The highest BCUT2D eigenvalue weighted by Gasteiger charge is 2.48. The van der Waals surface area contributed by atoms with Gasteiger partial charge in [0.2, 0.25) is 0 Å². The van der Waals surface area contributed by atoms with Crippen LogP contribution in [0.25, 0.3) is 0 Å². The monoisotopic (exact) mass is 212 g/mol. The van der Waals surface area contributed by atoms with Gasteiger partial charge in [0.05, 0.1) is 12.5 Å². The van der Waals surface area contributed by atoms with Crippen LogP contribution in [-0.4, -0.2) is 18.4 Å². The Balaban J connectivity index is 2.19. The lowest BCUT2D eigenvalue weighted by Crippen LogP contribution is -2.11. The molecule has 0 aliphatic heterocycles. The second-order valence-corrected chi connectivity index (χ2v) is 4.12. The number of ketones is 1. The first kappa shape index (κ1) is 12.2. The molecule has 2 atom stereocenters. The first-order valence-electron chi connectivity index (χ1n) is 5.90. The van der Waals surface area contributed by atoms with E-state index in [1.165, 1.54) is 0 Å². The maximum absolute atomic E-state index is 11.6. The summed E-state index contributed by atoms with van der Waals surface area (Å²) in [6.07, 6.45) is 4.53. The van der Waals surface area contributed by atoms with Crippen molar-refractivity contribution in [1.82, 2.24) is 0 Å². The van der Waals surface area contributed by atoms with Crippen LogP contribution in [0.5, 0.6) is 0 Å². The van der Waals surface area contributed by atoms with E-state index in [-0.39, 0.29) is 23.6 Å². The van der Waals surface area contributed by atoms with Gasteiger partial charge in [-0.15, -0.1) is 0 Å². The fraction of sp³-hybridized carbons (Fsp3) is 0.833. The lowest BCUT2D eigenvalue weighted by atomic mass is 10.1. The van der Waals surface area contributed by atoms with Crippen LogP contribution in [0.1, 0.15) is 46.0 Å². The van der Waals surface area contributed by atoms with Crippen LogP contribution in [0.3, 0.4) is 0 Å². The molecule has 0 N–H and O–H groups in total. The summed E-state index contributed by atoms with van der Waals surface area (Å²) >= 11 is 0. The maximum atomic E-state index is 11.6. The molecule has 0 unspecified atom stereocenters. The number of carbonyl (C=O) groups is 2. The second kappa shape index (κ2) is 5.89. The largest absolute Gasteiger partial charge is 0.466 e. The summed E-state index contributed by atoms with van der Waals surface area (Å²) in [7, 11) is 0. The van der Waals surface area contributed by atoms with Gasteiger partial charge < -0.3 is 4.74 Å². The zero-order valence-electron chi connectivity index (χ0n) is 9.62. The third kappa shape index (κ3) is 3.65. The van der Waals surface area contributed by atoms with Crippen molar-refractivity contribution in [2.45, 2.75) is 46.0 Å². The summed E-state index contributed by atoms with van der Waals surface area (Å²) in [5, 5.41) is 0. The lowest BCUT2D eigenvalue weighted by molar-refractivity contribution is -0.145. The highest BCUT2D eigenvalue weighted by molar-refractivity contribution is 5.91. The van der Waals surface area contributed by atoms with E-state index in [9.17, 15) is 9.59 Å². The predicted molar refractivity (Wildman–Crippen MR) is 57.4 cm³/mol. The van der Waals surface area contributed by atoms with E-state index >= 15 is 0 Å². The topological polar surface area (TPSA) is 43.4 Å². The molecule has 15 heavy (non-hydrogen) atoms. The van der Waals surface area contributed by atoms with Gasteiger partial charge in [0.15, 0.2) is 0 Å². The first-order chi connectivity index (χ1) is 7.20. The number of Topliss-reactive ketones (excluding diaryl/α,β-unsaturated/α-hetero) is 1. The second-order valence-electron chi connectivity index (χ2n) is 4.12. The molecule has 3 nitrogen and oxygen atoms in total. The van der Waals surface area contributed by atoms with Gasteiger partial charge in [-0.1, -0.05) is 19.8 Å². The maximum Gasteiger partial charge on any atom is 0.309 e. The molecule has 3 heteroatoms. The van der Waals surface area contributed by atoms with Gasteiger partial charge in [-0.3, -0.25) is 9.59 Å². The van der Waals surface area contributed by atoms with E-state index in [0.29, 0.717) is 19.4 Å². The summed E-state index contributed by atoms with van der Waals surface area (Å²) in [6, 6.07) is 0. The van der Waals surface area contributed by atoms with Crippen molar-refractivity contribution in [3.63, 3.8) is 0 Å². The van der Waals surface area contributed by atoms with Gasteiger partial charge in [0.25, 0.3) is 0 Å². The quantitative estimate of drug-likeness (QED) is 0.480. The molecule has 1 aliphatic rings. The van der Waals surface area contributed by atoms with Crippen molar-refractivity contribution in [3.8, 4) is 0 Å². The number of hydrogen-bond acceptors (Lipinski definition) is 3. The Labute approximate surface area is 91.2 Å². The van der Waals surface area contributed by atoms with Crippen LogP contribution in [0.2, 0.25) is 0 Å². The molecule has 1 saturated carbocycles. The molecule has 0 radical (unpaired) electrons. The molecular weight excluding hydrogens is 192 g/mol.